The number of esters is 2. The van der Waals surface area contributed by atoms with E-state index in [0.29, 0.717) is 35.6 Å². The van der Waals surface area contributed by atoms with Crippen LogP contribution in [0.4, 0.5) is 5.69 Å². The number of hydrogen-bond acceptors (Lipinski definition) is 11. The van der Waals surface area contributed by atoms with Crippen molar-refractivity contribution in [3.05, 3.63) is 242 Å². The lowest BCUT2D eigenvalue weighted by Gasteiger charge is -2.34. The molecule has 1 aliphatic heterocycles. The zero-order chi connectivity index (χ0) is 59.8. The van der Waals surface area contributed by atoms with Crippen LogP contribution in [0.1, 0.15) is 103 Å². The predicted octanol–water partition coefficient (Wildman–Crippen LogP) is 13.7. The number of nitrogens with zero attached hydrogens (tertiary/aromatic N) is 6. The molecule has 2 N–H and O–H groups in total. The average Bonchev–Trinajstić information content (AvgIpc) is 2.21. The summed E-state index contributed by atoms with van der Waals surface area (Å²) in [5.74, 6) is -0.878. The van der Waals surface area contributed by atoms with E-state index >= 15 is 0 Å². The number of carbonyl (C=O) groups excluding carboxylic acids is 2. The zero-order valence-electron chi connectivity index (χ0n) is 49.1. The van der Waals surface area contributed by atoms with E-state index in [0.717, 1.165) is 87.3 Å². The molecule has 0 saturated carbocycles. The number of non-ortho nitro benzene ring substituents is 1. The summed E-state index contributed by atoms with van der Waals surface area (Å²) in [7, 11) is 5.33. The lowest BCUT2D eigenvalue weighted by molar-refractivity contribution is -0.384. The van der Waals surface area contributed by atoms with E-state index in [9.17, 15) is 29.6 Å². The third-order valence-corrected chi connectivity index (χ3v) is 15.4. The van der Waals surface area contributed by atoms with Crippen molar-refractivity contribution >= 4 is 45.7 Å². The molecule has 3 heterocycles. The van der Waals surface area contributed by atoms with Gasteiger partial charge in [-0.25, -0.2) is 24.4 Å². The molecule has 1 aliphatic rings. The number of methoxy groups -OCH3 is 1. The fourth-order valence-corrected chi connectivity index (χ4v) is 11.6. The summed E-state index contributed by atoms with van der Waals surface area (Å²) in [4.78, 5) is 61.9. The van der Waals surface area contributed by atoms with Gasteiger partial charge < -0.3 is 33.9 Å². The Morgan fingerprint density at radius 1 is 0.762 bits per heavy atom. The third-order valence-electron chi connectivity index (χ3n) is 15.4. The van der Waals surface area contributed by atoms with Gasteiger partial charge in [-0.05, 0) is 130 Å². The number of aryl methyl sites for hydroxylation is 3. The number of nitrogens with one attached hydrogen (secondary N) is 1. The smallest absolute Gasteiger partial charge is 0.337 e. The van der Waals surface area contributed by atoms with Gasteiger partial charge in [-0.1, -0.05) is 134 Å². The number of carbonyl (C=O) groups is 3. The molecule has 0 fully saturated rings. The number of nitro groups is 1. The Balaban J connectivity index is 0.000000203. The van der Waals surface area contributed by atoms with Crippen LogP contribution in [0.3, 0.4) is 0 Å². The van der Waals surface area contributed by atoms with Crippen LogP contribution in [-0.2, 0) is 39.1 Å². The number of hydrogen-bond donors (Lipinski definition) is 2. The fraction of sp³-hybridized carbons (Fsp3) is 0.261. The number of para-hydroxylation sites is 2. The van der Waals surface area contributed by atoms with Gasteiger partial charge in [0.2, 0.25) is 0 Å². The Labute approximate surface area is 490 Å². The summed E-state index contributed by atoms with van der Waals surface area (Å²) in [6.45, 7) is 13.3. The van der Waals surface area contributed by atoms with Gasteiger partial charge in [0.1, 0.15) is 17.2 Å². The van der Waals surface area contributed by atoms with Crippen molar-refractivity contribution in [2.45, 2.75) is 84.8 Å². The molecule has 10 rings (SSSR count). The number of allylic oxidation sites excluding steroid dienone is 2. The molecule has 1 unspecified atom stereocenters. The highest BCUT2D eigenvalue weighted by atomic mass is 16.6. The van der Waals surface area contributed by atoms with Crippen LogP contribution >= 0.6 is 0 Å². The Bertz CT molecular complexity index is 3920. The van der Waals surface area contributed by atoms with E-state index in [1.807, 2.05) is 75.5 Å². The maximum absolute atomic E-state index is 14.0. The molecule has 430 valence electrons. The molecule has 0 amide bonds. The first-order valence-electron chi connectivity index (χ1n) is 28.2. The van der Waals surface area contributed by atoms with Crippen LogP contribution in [0.5, 0.6) is 0 Å². The lowest BCUT2D eigenvalue weighted by Crippen LogP contribution is -2.42. The highest BCUT2D eigenvalue weighted by molar-refractivity contribution is 6.00. The number of fused-ring (bicyclic) bond motifs is 2. The van der Waals surface area contributed by atoms with E-state index < -0.39 is 34.4 Å². The van der Waals surface area contributed by atoms with Gasteiger partial charge in [0.15, 0.2) is 0 Å². The monoisotopic (exact) mass is 1130 g/mol. The number of rotatable bonds is 19. The summed E-state index contributed by atoms with van der Waals surface area (Å²) in [5.41, 5.74) is 12.7. The fourth-order valence-electron chi connectivity index (χ4n) is 11.6. The van der Waals surface area contributed by atoms with Crippen LogP contribution < -0.4 is 5.32 Å². The summed E-state index contributed by atoms with van der Waals surface area (Å²) >= 11 is 0. The molecule has 0 radical (unpaired) electrons. The van der Waals surface area contributed by atoms with Crippen molar-refractivity contribution in [3.63, 3.8) is 0 Å². The van der Waals surface area contributed by atoms with Gasteiger partial charge in [0.05, 0.1) is 56.7 Å². The minimum Gasteiger partial charge on any atom is -0.478 e. The van der Waals surface area contributed by atoms with Crippen LogP contribution in [0.15, 0.2) is 192 Å². The zero-order valence-corrected chi connectivity index (χ0v) is 49.1. The van der Waals surface area contributed by atoms with Crippen LogP contribution in [0, 0.1) is 17.0 Å². The van der Waals surface area contributed by atoms with Gasteiger partial charge in [-0.15, -0.1) is 0 Å². The van der Waals surface area contributed by atoms with Crippen molar-refractivity contribution in [3.8, 4) is 22.5 Å². The minimum atomic E-state index is -0.921. The number of imidazole rings is 2. The third kappa shape index (κ3) is 13.1. The Kier molecular flexibility index (Phi) is 18.1. The first kappa shape index (κ1) is 59.2. The molecule has 15 nitrogen and oxygen atoms in total. The summed E-state index contributed by atoms with van der Waals surface area (Å²) in [6.07, 6.45) is 2.76. The second-order valence-electron chi connectivity index (χ2n) is 22.1. The molecule has 15 heteroatoms. The molecule has 7 aromatic carbocycles. The minimum absolute atomic E-state index is 0.149. The SMILES string of the molecule is CCCc1nc2c(C)cc(-c3nc4ccccc4n3C)cc2n1Cc1ccc(-c2ccccc2C(=O)O)cc1.COC(=O)C1=C(C)NC(C)=C(C(=O)OC(C)(C)CN(C)CCC(c2ccccc2)c2ccccc2)C1c1cccc([N+](=O)[O-])c1. The predicted molar refractivity (Wildman–Crippen MR) is 330 cm³/mol. The highest BCUT2D eigenvalue weighted by Crippen LogP contribution is 2.41. The van der Waals surface area contributed by atoms with Gasteiger partial charge in [0, 0.05) is 61.6 Å². The standard InChI is InChI=1S/C36H41N3O6.C33H30N4O2/c1-24-31(34(40)44-6)33(28-18-13-19-29(22-28)39(42)43)32(25(2)37-24)35(41)45-36(3,4)23-38(5)21-20-30(26-14-9-7-10-15-26)27-16-11-8-12-17-27;1-4-9-30-35-31-21(2)18-24(32-34-27-12-7-8-13-28(27)36(32)3)19-29(31)37(30)20-22-14-16-23(17-15-22)25-10-5-6-11-26(25)33(38)39/h7-19,22,30,33,37H,20-21,23H2,1-6H3;5-8,10-19H,4,9,20H2,1-3H3,(H,38,39). The summed E-state index contributed by atoms with van der Waals surface area (Å²) in [6, 6.07) is 54.7. The first-order chi connectivity index (χ1) is 40.4. The van der Waals surface area contributed by atoms with E-state index in [1.165, 1.54) is 36.4 Å². The molecule has 0 saturated heterocycles. The van der Waals surface area contributed by atoms with Crippen LogP contribution in [0.25, 0.3) is 44.6 Å². The summed E-state index contributed by atoms with van der Waals surface area (Å²) < 4.78 is 15.7. The van der Waals surface area contributed by atoms with Crippen molar-refractivity contribution in [1.29, 1.82) is 0 Å². The van der Waals surface area contributed by atoms with Gasteiger partial charge in [-0.2, -0.15) is 0 Å². The van der Waals surface area contributed by atoms with Crippen molar-refractivity contribution in [2.24, 2.45) is 7.05 Å². The van der Waals surface area contributed by atoms with Gasteiger partial charge in [-0.3, -0.25) is 10.1 Å². The van der Waals surface area contributed by atoms with E-state index in [4.69, 9.17) is 19.4 Å². The highest BCUT2D eigenvalue weighted by Gasteiger charge is 2.40. The normalized spacial score (nSPS) is 13.5. The maximum Gasteiger partial charge on any atom is 0.337 e. The largest absolute Gasteiger partial charge is 0.478 e. The first-order valence-corrected chi connectivity index (χ1v) is 28.2. The Hall–Kier alpha value is -9.47. The number of dihydropyridines is 1. The quantitative estimate of drug-likeness (QED) is 0.0444. The van der Waals surface area contributed by atoms with Crippen LogP contribution in [0.2, 0.25) is 0 Å². The number of aromatic nitrogens is 4. The van der Waals surface area contributed by atoms with Crippen molar-refractivity contribution in [1.82, 2.24) is 29.3 Å². The average molecular weight is 1130 g/mol. The number of ether oxygens (including phenoxy) is 2. The van der Waals surface area contributed by atoms with E-state index in [-0.39, 0.29) is 22.8 Å². The summed E-state index contributed by atoms with van der Waals surface area (Å²) in [5, 5.41) is 24.3. The number of carboxylic acid groups (broad SMARTS) is 1. The van der Waals surface area contributed by atoms with Crippen molar-refractivity contribution in [2.75, 3.05) is 27.2 Å². The van der Waals surface area contributed by atoms with Crippen molar-refractivity contribution < 1.29 is 33.9 Å². The second kappa shape index (κ2) is 25.8. The molecule has 0 spiro atoms. The molecule has 9 aromatic rings. The topological polar surface area (TPSA) is 184 Å². The molecule has 0 aliphatic carbocycles. The number of carboxylic acids is 1. The Morgan fingerprint density at radius 3 is 2.02 bits per heavy atom. The van der Waals surface area contributed by atoms with E-state index in [2.05, 4.69) is 119 Å². The second-order valence-corrected chi connectivity index (χ2v) is 22.1. The number of aromatic carboxylic acids is 1. The Morgan fingerprint density at radius 2 is 1.39 bits per heavy atom. The molecule has 1 atom stereocenters. The molecule has 0 bridgehead atoms. The molecular weight excluding hydrogens is 1050 g/mol. The van der Waals surface area contributed by atoms with Gasteiger partial charge in [0.25, 0.3) is 5.69 Å². The number of nitro benzene ring substituents is 1. The number of likely N-dealkylation sites (N-methyl/N-ethyl adjacent to an activating group) is 1. The number of benzene rings is 7. The molecule has 84 heavy (non-hydrogen) atoms. The lowest BCUT2D eigenvalue weighted by atomic mass is 9.80. The molecular formula is C69H71N7O8. The van der Waals surface area contributed by atoms with E-state index in [1.54, 1.807) is 32.0 Å². The van der Waals surface area contributed by atoms with Crippen LogP contribution in [-0.4, -0.2) is 84.8 Å². The maximum atomic E-state index is 14.0. The van der Waals surface area contributed by atoms with Gasteiger partial charge >= 0.3 is 17.9 Å². The molecule has 2 aromatic heterocycles.